The van der Waals surface area contributed by atoms with Gasteiger partial charge in [0.15, 0.2) is 0 Å². The maximum atomic E-state index is 13.8. The number of morpholine rings is 1. The second kappa shape index (κ2) is 11.0. The number of halogens is 1. The van der Waals surface area contributed by atoms with E-state index in [9.17, 15) is 13.2 Å². The molecule has 37 heavy (non-hydrogen) atoms. The second-order valence-corrected chi connectivity index (χ2v) is 11.2. The predicted molar refractivity (Wildman–Crippen MR) is 137 cm³/mol. The first-order valence-electron chi connectivity index (χ1n) is 11.8. The van der Waals surface area contributed by atoms with Gasteiger partial charge in [-0.25, -0.2) is 18.2 Å². The van der Waals surface area contributed by atoms with Gasteiger partial charge in [-0.1, -0.05) is 35.9 Å². The van der Waals surface area contributed by atoms with Gasteiger partial charge in [-0.05, 0) is 35.4 Å². The summed E-state index contributed by atoms with van der Waals surface area (Å²) in [4.78, 5) is 22.7. The number of aromatic nitrogens is 2. The van der Waals surface area contributed by atoms with Crippen LogP contribution in [0, 0.1) is 0 Å². The zero-order valence-corrected chi connectivity index (χ0v) is 21.4. The molecule has 0 bridgehead atoms. The van der Waals surface area contributed by atoms with E-state index in [1.54, 1.807) is 41.4 Å². The van der Waals surface area contributed by atoms with Crippen LogP contribution in [-0.2, 0) is 14.8 Å². The van der Waals surface area contributed by atoms with Crippen molar-refractivity contribution in [2.75, 3.05) is 39.4 Å². The lowest BCUT2D eigenvalue weighted by molar-refractivity contribution is 0.0723. The molecule has 10 nitrogen and oxygen atoms in total. The normalized spacial score (nSPS) is 19.4. The van der Waals surface area contributed by atoms with Gasteiger partial charge >= 0.3 is 6.03 Å². The third kappa shape index (κ3) is 5.69. The average molecular weight is 544 g/mol. The van der Waals surface area contributed by atoms with Crippen LogP contribution in [0.1, 0.15) is 22.4 Å². The Morgan fingerprint density at radius 1 is 1.14 bits per heavy atom. The van der Waals surface area contributed by atoms with Gasteiger partial charge in [-0.2, -0.15) is 4.31 Å². The molecule has 3 heterocycles. The van der Waals surface area contributed by atoms with Crippen molar-refractivity contribution in [3.05, 3.63) is 83.3 Å². The largest absolute Gasteiger partial charge is 0.437 e. The van der Waals surface area contributed by atoms with E-state index in [1.807, 2.05) is 18.2 Å². The third-order valence-corrected chi connectivity index (χ3v) is 8.86. The Morgan fingerprint density at radius 2 is 1.92 bits per heavy atom. The summed E-state index contributed by atoms with van der Waals surface area (Å²) in [5.74, 6) is 0.879. The first-order chi connectivity index (χ1) is 17.9. The molecule has 2 fully saturated rings. The van der Waals surface area contributed by atoms with E-state index in [0.29, 0.717) is 42.0 Å². The molecule has 2 atom stereocenters. The van der Waals surface area contributed by atoms with Gasteiger partial charge in [0.05, 0.1) is 25.5 Å². The van der Waals surface area contributed by atoms with Gasteiger partial charge in [-0.15, -0.1) is 0 Å². The quantitative estimate of drug-likeness (QED) is 0.463. The summed E-state index contributed by atoms with van der Waals surface area (Å²) in [5, 5.41) is 2.38. The number of carbonyl (C=O) groups is 1. The Hall–Kier alpha value is -3.25. The first-order valence-corrected chi connectivity index (χ1v) is 13.7. The summed E-state index contributed by atoms with van der Waals surface area (Å²) >= 11 is 6.08. The van der Waals surface area contributed by atoms with Crippen LogP contribution in [0.2, 0.25) is 5.02 Å². The van der Waals surface area contributed by atoms with Crippen LogP contribution < -0.4 is 10.1 Å². The van der Waals surface area contributed by atoms with E-state index in [4.69, 9.17) is 21.1 Å². The molecule has 1 N–H and O–H groups in total. The lowest BCUT2D eigenvalue weighted by Gasteiger charge is -2.33. The van der Waals surface area contributed by atoms with Crippen molar-refractivity contribution in [2.24, 2.45) is 0 Å². The Bertz CT molecular complexity index is 1340. The molecule has 12 heteroatoms. The molecule has 1 unspecified atom stereocenters. The Labute approximate surface area is 220 Å². The summed E-state index contributed by atoms with van der Waals surface area (Å²) in [6.07, 6.45) is 4.60. The number of carbonyl (C=O) groups excluding carboxylic acids is 1. The molecular weight excluding hydrogens is 518 g/mol. The Morgan fingerprint density at radius 3 is 2.65 bits per heavy atom. The molecule has 2 amide bonds. The highest BCUT2D eigenvalue weighted by molar-refractivity contribution is 7.89. The molecule has 0 saturated carbocycles. The van der Waals surface area contributed by atoms with Gasteiger partial charge in [-0.3, -0.25) is 4.98 Å². The minimum Gasteiger partial charge on any atom is -0.437 e. The van der Waals surface area contributed by atoms with Crippen LogP contribution in [0.4, 0.5) is 4.79 Å². The number of benzene rings is 2. The minimum absolute atomic E-state index is 0.0347. The second-order valence-electron chi connectivity index (χ2n) is 8.67. The predicted octanol–water partition coefficient (Wildman–Crippen LogP) is 3.39. The average Bonchev–Trinajstić information content (AvgIpc) is 3.29. The van der Waals surface area contributed by atoms with Crippen molar-refractivity contribution in [1.82, 2.24) is 24.5 Å². The Balaban J connectivity index is 1.44. The topological polar surface area (TPSA) is 114 Å². The fourth-order valence-electron chi connectivity index (χ4n) is 4.50. The van der Waals surface area contributed by atoms with Crippen LogP contribution in [-0.4, -0.2) is 73.0 Å². The molecule has 2 aliphatic rings. The number of urea groups is 1. The van der Waals surface area contributed by atoms with E-state index < -0.39 is 21.3 Å². The molecule has 194 valence electrons. The zero-order valence-electron chi connectivity index (χ0n) is 19.9. The zero-order chi connectivity index (χ0) is 25.8. The van der Waals surface area contributed by atoms with Gasteiger partial charge in [0.1, 0.15) is 11.0 Å². The molecule has 2 aliphatic heterocycles. The van der Waals surface area contributed by atoms with Crippen LogP contribution in [0.25, 0.3) is 0 Å². The van der Waals surface area contributed by atoms with Crippen LogP contribution >= 0.6 is 11.6 Å². The smallest absolute Gasteiger partial charge is 0.318 e. The maximum Gasteiger partial charge on any atom is 0.318 e. The SMILES string of the molecule is O=C1NC[C@H](c2cccc(Oc3cnccn3)c2)N1CC(c1ccc(Cl)cc1)S(=O)(=O)N1CCOCC1. The fraction of sp³-hybridized carbons (Fsp3) is 0.320. The summed E-state index contributed by atoms with van der Waals surface area (Å²) < 4.78 is 40.2. The molecule has 0 aliphatic carbocycles. The van der Waals surface area contributed by atoms with E-state index in [2.05, 4.69) is 15.3 Å². The number of ether oxygens (including phenoxy) is 2. The molecule has 2 aromatic carbocycles. The fourth-order valence-corrected chi connectivity index (χ4v) is 6.49. The third-order valence-electron chi connectivity index (χ3n) is 6.38. The van der Waals surface area contributed by atoms with Crippen LogP contribution in [0.5, 0.6) is 11.6 Å². The lowest BCUT2D eigenvalue weighted by atomic mass is 10.1. The molecule has 0 spiro atoms. The van der Waals surface area contributed by atoms with Crippen molar-refractivity contribution in [2.45, 2.75) is 11.3 Å². The Kier molecular flexibility index (Phi) is 7.56. The van der Waals surface area contributed by atoms with Gasteiger partial charge in [0.25, 0.3) is 0 Å². The van der Waals surface area contributed by atoms with Crippen molar-refractivity contribution < 1.29 is 22.7 Å². The van der Waals surface area contributed by atoms with E-state index in [0.717, 1.165) is 5.56 Å². The van der Waals surface area contributed by atoms with Gasteiger partial charge in [0, 0.05) is 43.6 Å². The van der Waals surface area contributed by atoms with Gasteiger partial charge < -0.3 is 19.7 Å². The van der Waals surface area contributed by atoms with Crippen molar-refractivity contribution in [3.63, 3.8) is 0 Å². The van der Waals surface area contributed by atoms with E-state index in [-0.39, 0.29) is 25.7 Å². The highest BCUT2D eigenvalue weighted by atomic mass is 35.5. The van der Waals surface area contributed by atoms with Crippen LogP contribution in [0.15, 0.2) is 67.1 Å². The number of amides is 2. The molecule has 1 aromatic heterocycles. The molecule has 5 rings (SSSR count). The molecular formula is C25H26ClN5O5S. The van der Waals surface area contributed by atoms with Crippen molar-refractivity contribution in [1.29, 1.82) is 0 Å². The number of rotatable bonds is 8. The number of sulfonamides is 1. The minimum atomic E-state index is -3.81. The summed E-state index contributed by atoms with van der Waals surface area (Å²) in [7, 11) is -3.81. The molecule has 2 saturated heterocycles. The van der Waals surface area contributed by atoms with Crippen molar-refractivity contribution >= 4 is 27.7 Å². The number of nitrogens with one attached hydrogen (secondary N) is 1. The monoisotopic (exact) mass is 543 g/mol. The van der Waals surface area contributed by atoms with Crippen molar-refractivity contribution in [3.8, 4) is 11.6 Å². The highest BCUT2D eigenvalue weighted by Crippen LogP contribution is 2.34. The number of hydrogen-bond acceptors (Lipinski definition) is 7. The summed E-state index contributed by atoms with van der Waals surface area (Å²) in [6, 6.07) is 13.3. The van der Waals surface area contributed by atoms with E-state index >= 15 is 0 Å². The lowest BCUT2D eigenvalue weighted by Crippen LogP contribution is -2.46. The van der Waals surface area contributed by atoms with Gasteiger partial charge in [0.2, 0.25) is 15.9 Å². The standard InChI is InChI=1S/C25H26ClN5O5S/c26-20-6-4-18(5-7-20)23(37(33,34)30-10-12-35-13-11-30)17-31-22(15-29-25(31)32)19-2-1-3-21(14-19)36-24-16-27-8-9-28-24/h1-9,14,16,22-23H,10-13,15,17H2,(H,29,32)/t22-,23?/m1/s1. The number of nitrogens with zero attached hydrogens (tertiary/aromatic N) is 4. The molecule has 3 aromatic rings. The molecule has 0 radical (unpaired) electrons. The van der Waals surface area contributed by atoms with E-state index in [1.165, 1.54) is 16.7 Å². The maximum absolute atomic E-state index is 13.8. The first kappa shape index (κ1) is 25.4. The highest BCUT2D eigenvalue weighted by Gasteiger charge is 2.40. The summed E-state index contributed by atoms with van der Waals surface area (Å²) in [5.41, 5.74) is 1.37. The number of hydrogen-bond donors (Lipinski definition) is 1. The van der Waals surface area contributed by atoms with Crippen LogP contribution in [0.3, 0.4) is 0 Å². The summed E-state index contributed by atoms with van der Waals surface area (Å²) in [6.45, 7) is 1.50.